The SMILES string of the molecule is O=[N+]([O-])c1cc(/C=N\n2c(C3CCCO3)n[nH]c2=S)ccc1O. The first kappa shape index (κ1) is 15.3. The van der Waals surface area contributed by atoms with Gasteiger partial charge in [-0.25, -0.2) is 0 Å². The molecule has 0 amide bonds. The number of hydrogen-bond donors (Lipinski definition) is 2. The average molecular weight is 335 g/mol. The smallest absolute Gasteiger partial charge is 0.311 e. The molecule has 3 rings (SSSR count). The van der Waals surface area contributed by atoms with Crippen molar-refractivity contribution < 1.29 is 14.8 Å². The van der Waals surface area contributed by atoms with E-state index in [4.69, 9.17) is 17.0 Å². The fourth-order valence-electron chi connectivity index (χ4n) is 2.30. The molecule has 0 saturated carbocycles. The molecular formula is C13H13N5O4S. The summed E-state index contributed by atoms with van der Waals surface area (Å²) in [7, 11) is 0. The third kappa shape index (κ3) is 3.12. The number of H-pyrrole nitrogens is 1. The normalized spacial score (nSPS) is 17.8. The van der Waals surface area contributed by atoms with Gasteiger partial charge in [0.2, 0.25) is 4.77 Å². The Balaban J connectivity index is 1.92. The van der Waals surface area contributed by atoms with Gasteiger partial charge in [-0.05, 0) is 37.2 Å². The van der Waals surface area contributed by atoms with Crippen molar-refractivity contribution in [1.82, 2.24) is 14.9 Å². The molecule has 1 aliphatic heterocycles. The Kier molecular flexibility index (Phi) is 4.17. The van der Waals surface area contributed by atoms with E-state index >= 15 is 0 Å². The van der Waals surface area contributed by atoms with Crippen LogP contribution in [0, 0.1) is 14.9 Å². The Hall–Kier alpha value is -2.59. The maximum atomic E-state index is 10.8. The molecule has 10 heteroatoms. The lowest BCUT2D eigenvalue weighted by Crippen LogP contribution is -2.05. The Morgan fingerprint density at radius 1 is 1.61 bits per heavy atom. The van der Waals surface area contributed by atoms with Crippen LogP contribution < -0.4 is 0 Å². The molecule has 23 heavy (non-hydrogen) atoms. The van der Waals surface area contributed by atoms with Crippen molar-refractivity contribution in [1.29, 1.82) is 0 Å². The van der Waals surface area contributed by atoms with Gasteiger partial charge >= 0.3 is 5.69 Å². The third-order valence-corrected chi connectivity index (χ3v) is 3.68. The monoisotopic (exact) mass is 335 g/mol. The van der Waals surface area contributed by atoms with Crippen LogP contribution in [-0.4, -0.2) is 37.7 Å². The van der Waals surface area contributed by atoms with Gasteiger partial charge in [0, 0.05) is 18.2 Å². The number of nitrogens with one attached hydrogen (secondary N) is 1. The number of hydrogen-bond acceptors (Lipinski definition) is 7. The van der Waals surface area contributed by atoms with Crippen LogP contribution >= 0.6 is 12.2 Å². The van der Waals surface area contributed by atoms with Crippen LogP contribution in [-0.2, 0) is 4.74 Å². The Morgan fingerprint density at radius 3 is 3.13 bits per heavy atom. The zero-order chi connectivity index (χ0) is 16.4. The van der Waals surface area contributed by atoms with Gasteiger partial charge in [-0.3, -0.25) is 15.2 Å². The van der Waals surface area contributed by atoms with Gasteiger partial charge in [0.05, 0.1) is 11.1 Å². The molecule has 0 aliphatic carbocycles. The van der Waals surface area contributed by atoms with E-state index in [2.05, 4.69) is 15.3 Å². The second-order valence-corrected chi connectivity index (χ2v) is 5.34. The van der Waals surface area contributed by atoms with Crippen LogP contribution in [0.15, 0.2) is 23.3 Å². The number of aromatic hydroxyl groups is 1. The average Bonchev–Trinajstić information content (AvgIpc) is 3.16. The van der Waals surface area contributed by atoms with Crippen LogP contribution in [0.2, 0.25) is 0 Å². The highest BCUT2D eigenvalue weighted by Gasteiger charge is 2.23. The predicted molar refractivity (Wildman–Crippen MR) is 83.1 cm³/mol. The van der Waals surface area contributed by atoms with E-state index in [1.807, 2.05) is 0 Å². The highest BCUT2D eigenvalue weighted by molar-refractivity contribution is 7.71. The quantitative estimate of drug-likeness (QED) is 0.383. The number of rotatable bonds is 4. The highest BCUT2D eigenvalue weighted by atomic mass is 32.1. The molecule has 1 aromatic heterocycles. The maximum absolute atomic E-state index is 10.8. The first-order valence-corrected chi connectivity index (χ1v) is 7.28. The number of nitro groups is 1. The lowest BCUT2D eigenvalue weighted by Gasteiger charge is -2.07. The molecule has 2 N–H and O–H groups in total. The molecule has 1 unspecified atom stereocenters. The second-order valence-electron chi connectivity index (χ2n) is 4.95. The summed E-state index contributed by atoms with van der Waals surface area (Å²) < 4.78 is 7.31. The molecule has 2 heterocycles. The maximum Gasteiger partial charge on any atom is 0.311 e. The summed E-state index contributed by atoms with van der Waals surface area (Å²) in [6.45, 7) is 0.665. The van der Waals surface area contributed by atoms with Gasteiger partial charge in [-0.2, -0.15) is 14.9 Å². The molecule has 120 valence electrons. The molecule has 0 bridgehead atoms. The topological polar surface area (TPSA) is 119 Å². The molecule has 1 saturated heterocycles. The summed E-state index contributed by atoms with van der Waals surface area (Å²) >= 11 is 5.14. The van der Waals surface area contributed by atoms with Gasteiger partial charge < -0.3 is 9.84 Å². The van der Waals surface area contributed by atoms with Crippen LogP contribution in [0.4, 0.5) is 5.69 Å². The first-order valence-electron chi connectivity index (χ1n) is 6.87. The fourth-order valence-corrected chi connectivity index (χ4v) is 2.48. The number of aromatic amines is 1. The number of phenolic OH excluding ortho intramolecular Hbond substituents is 1. The Bertz CT molecular complexity index is 822. The summed E-state index contributed by atoms with van der Waals surface area (Å²) in [4.78, 5) is 10.2. The number of benzene rings is 1. The van der Waals surface area contributed by atoms with E-state index in [9.17, 15) is 15.2 Å². The van der Waals surface area contributed by atoms with Crippen LogP contribution in [0.5, 0.6) is 5.75 Å². The van der Waals surface area contributed by atoms with Crippen molar-refractivity contribution >= 4 is 24.1 Å². The fraction of sp³-hybridized carbons (Fsp3) is 0.308. The van der Waals surface area contributed by atoms with Crippen molar-refractivity contribution in [2.24, 2.45) is 5.10 Å². The standard InChI is InChI=1S/C13H13N5O4S/c19-10-4-3-8(6-9(10)18(20)21)7-14-17-12(15-16-13(17)23)11-2-1-5-22-11/h3-4,6-7,11,19H,1-2,5H2,(H,16,23)/b14-7-. The van der Waals surface area contributed by atoms with Crippen molar-refractivity contribution in [3.63, 3.8) is 0 Å². The number of aromatic nitrogens is 3. The minimum absolute atomic E-state index is 0.172. The summed E-state index contributed by atoms with van der Waals surface area (Å²) in [5.74, 6) is 0.171. The van der Waals surface area contributed by atoms with Gasteiger partial charge in [0.15, 0.2) is 11.6 Å². The molecule has 2 aromatic rings. The first-order chi connectivity index (χ1) is 11.1. The van der Waals surface area contributed by atoms with Gasteiger partial charge in [0.1, 0.15) is 6.10 Å². The zero-order valence-corrected chi connectivity index (χ0v) is 12.7. The summed E-state index contributed by atoms with van der Waals surface area (Å²) in [6, 6.07) is 3.99. The van der Waals surface area contributed by atoms with Crippen LogP contribution in [0.25, 0.3) is 0 Å². The Morgan fingerprint density at radius 2 is 2.43 bits per heavy atom. The lowest BCUT2D eigenvalue weighted by atomic mass is 10.2. The van der Waals surface area contributed by atoms with E-state index in [1.165, 1.54) is 29.1 Å². The lowest BCUT2D eigenvalue weighted by molar-refractivity contribution is -0.385. The van der Waals surface area contributed by atoms with E-state index in [0.29, 0.717) is 22.8 Å². The van der Waals surface area contributed by atoms with Crippen molar-refractivity contribution in [2.45, 2.75) is 18.9 Å². The third-order valence-electron chi connectivity index (χ3n) is 3.41. The Labute approximate surface area is 135 Å². The molecule has 0 radical (unpaired) electrons. The minimum atomic E-state index is -0.659. The van der Waals surface area contributed by atoms with Gasteiger partial charge in [-0.1, -0.05) is 0 Å². The molecule has 1 fully saturated rings. The number of phenols is 1. The second kappa shape index (κ2) is 6.26. The molecule has 1 aromatic carbocycles. The minimum Gasteiger partial charge on any atom is -0.502 e. The predicted octanol–water partition coefficient (Wildman–Crippen LogP) is 2.29. The molecule has 9 nitrogen and oxygen atoms in total. The highest BCUT2D eigenvalue weighted by Crippen LogP contribution is 2.27. The number of nitrogens with zero attached hydrogens (tertiary/aromatic N) is 4. The van der Waals surface area contributed by atoms with Gasteiger partial charge in [0.25, 0.3) is 0 Å². The molecule has 1 atom stereocenters. The molecule has 0 spiro atoms. The number of ether oxygens (including phenoxy) is 1. The molecular weight excluding hydrogens is 322 g/mol. The molecule has 1 aliphatic rings. The van der Waals surface area contributed by atoms with E-state index in [1.54, 1.807) is 0 Å². The largest absolute Gasteiger partial charge is 0.502 e. The van der Waals surface area contributed by atoms with Crippen molar-refractivity contribution in [2.75, 3.05) is 6.61 Å². The summed E-state index contributed by atoms with van der Waals surface area (Å²) in [5.41, 5.74) is 0.0694. The van der Waals surface area contributed by atoms with E-state index < -0.39 is 10.7 Å². The number of nitro benzene ring substituents is 1. The summed E-state index contributed by atoms with van der Waals surface area (Å²) in [6.07, 6.45) is 3.02. The van der Waals surface area contributed by atoms with Crippen LogP contribution in [0.1, 0.15) is 30.3 Å². The zero-order valence-electron chi connectivity index (χ0n) is 11.9. The van der Waals surface area contributed by atoms with Crippen molar-refractivity contribution in [3.05, 3.63) is 44.5 Å². The van der Waals surface area contributed by atoms with E-state index in [0.717, 1.165) is 12.8 Å². The van der Waals surface area contributed by atoms with Gasteiger partial charge in [-0.15, -0.1) is 0 Å². The summed E-state index contributed by atoms with van der Waals surface area (Å²) in [5, 5.41) is 31.3. The van der Waals surface area contributed by atoms with Crippen molar-refractivity contribution in [3.8, 4) is 5.75 Å². The van der Waals surface area contributed by atoms with E-state index in [-0.39, 0.29) is 11.8 Å². The van der Waals surface area contributed by atoms with Crippen LogP contribution in [0.3, 0.4) is 0 Å².